The van der Waals surface area contributed by atoms with Crippen molar-refractivity contribution in [2.45, 2.75) is 25.8 Å². The van der Waals surface area contributed by atoms with Crippen LogP contribution in [0, 0.1) is 0 Å². The molecule has 132 valence electrons. The molecular formula is C21H27N3O. The van der Waals surface area contributed by atoms with E-state index in [1.165, 1.54) is 22.5 Å². The van der Waals surface area contributed by atoms with Crippen molar-refractivity contribution in [3.8, 4) is 0 Å². The first-order chi connectivity index (χ1) is 12.1. The smallest absolute Gasteiger partial charge is 0.219 e. The Hall–Kier alpha value is -2.49. The maximum Gasteiger partial charge on any atom is 0.219 e. The Labute approximate surface area is 150 Å². The van der Waals surface area contributed by atoms with Crippen LogP contribution in [0.1, 0.15) is 30.5 Å². The zero-order chi connectivity index (χ0) is 17.8. The van der Waals surface area contributed by atoms with Gasteiger partial charge < -0.3 is 15.1 Å². The molecule has 0 aliphatic carbocycles. The largest absolute Gasteiger partial charge is 0.378 e. The van der Waals surface area contributed by atoms with Gasteiger partial charge in [-0.1, -0.05) is 37.3 Å². The minimum absolute atomic E-state index is 0.0994. The first-order valence-corrected chi connectivity index (χ1v) is 8.98. The summed E-state index contributed by atoms with van der Waals surface area (Å²) in [5, 5.41) is 3.08. The van der Waals surface area contributed by atoms with Crippen molar-refractivity contribution < 1.29 is 4.79 Å². The van der Waals surface area contributed by atoms with Gasteiger partial charge in [-0.2, -0.15) is 0 Å². The van der Waals surface area contributed by atoms with Crippen molar-refractivity contribution in [1.29, 1.82) is 0 Å². The quantitative estimate of drug-likeness (QED) is 0.878. The first-order valence-electron chi connectivity index (χ1n) is 8.98. The summed E-state index contributed by atoms with van der Waals surface area (Å²) >= 11 is 0. The number of benzene rings is 2. The number of nitrogens with zero attached hydrogens (tertiary/aromatic N) is 2. The molecule has 1 atom stereocenters. The fourth-order valence-corrected chi connectivity index (χ4v) is 3.43. The second-order valence-electron chi connectivity index (χ2n) is 6.73. The van der Waals surface area contributed by atoms with E-state index in [-0.39, 0.29) is 11.9 Å². The molecule has 0 radical (unpaired) electrons. The predicted molar refractivity (Wildman–Crippen MR) is 104 cm³/mol. The number of carbonyl (C=O) groups is 1. The normalized spacial score (nSPS) is 14.1. The third-order valence-corrected chi connectivity index (χ3v) is 4.91. The molecule has 2 aromatic carbocycles. The third kappa shape index (κ3) is 3.78. The summed E-state index contributed by atoms with van der Waals surface area (Å²) in [6.07, 6.45) is 1.58. The fourth-order valence-electron chi connectivity index (χ4n) is 3.43. The second kappa shape index (κ2) is 7.60. The second-order valence-corrected chi connectivity index (χ2v) is 6.73. The highest BCUT2D eigenvalue weighted by Gasteiger charge is 2.27. The van der Waals surface area contributed by atoms with Gasteiger partial charge in [-0.05, 0) is 35.7 Å². The molecular weight excluding hydrogens is 310 g/mol. The van der Waals surface area contributed by atoms with E-state index in [0.29, 0.717) is 13.0 Å². The number of anilines is 2. The summed E-state index contributed by atoms with van der Waals surface area (Å²) in [7, 11) is 4.09. The maximum absolute atomic E-state index is 11.8. The average Bonchev–Trinajstić information content (AvgIpc) is 3.06. The summed E-state index contributed by atoms with van der Waals surface area (Å²) in [5.74, 6) is 0.0994. The highest BCUT2D eigenvalue weighted by molar-refractivity contribution is 5.75. The number of fused-ring (bicyclic) bond motifs is 1. The molecule has 0 unspecified atom stereocenters. The number of hydrogen-bond acceptors (Lipinski definition) is 3. The summed E-state index contributed by atoms with van der Waals surface area (Å²) in [5.41, 5.74) is 5.09. The molecule has 0 aromatic heterocycles. The van der Waals surface area contributed by atoms with Crippen molar-refractivity contribution in [3.05, 3.63) is 59.7 Å². The van der Waals surface area contributed by atoms with E-state index in [4.69, 9.17) is 0 Å². The van der Waals surface area contributed by atoms with Gasteiger partial charge in [0.05, 0.1) is 6.04 Å². The van der Waals surface area contributed by atoms with Gasteiger partial charge in [-0.3, -0.25) is 4.79 Å². The Bertz CT molecular complexity index is 724. The molecule has 1 N–H and O–H groups in total. The van der Waals surface area contributed by atoms with Crippen molar-refractivity contribution in [2.24, 2.45) is 0 Å². The lowest BCUT2D eigenvalue weighted by atomic mass is 10.0. The van der Waals surface area contributed by atoms with Gasteiger partial charge in [0.2, 0.25) is 5.91 Å². The van der Waals surface area contributed by atoms with Crippen molar-refractivity contribution in [1.82, 2.24) is 5.32 Å². The lowest BCUT2D eigenvalue weighted by molar-refractivity contribution is -0.120. The van der Waals surface area contributed by atoms with Crippen LogP contribution in [-0.4, -0.2) is 33.1 Å². The molecule has 4 heteroatoms. The van der Waals surface area contributed by atoms with Crippen LogP contribution in [-0.2, 0) is 11.2 Å². The van der Waals surface area contributed by atoms with Crippen LogP contribution < -0.4 is 15.1 Å². The predicted octanol–water partition coefficient (Wildman–Crippen LogP) is 3.38. The summed E-state index contributed by atoms with van der Waals surface area (Å²) < 4.78 is 0. The minimum atomic E-state index is 0.0994. The van der Waals surface area contributed by atoms with Crippen LogP contribution in [0.15, 0.2) is 48.5 Å². The zero-order valence-electron chi connectivity index (χ0n) is 15.3. The van der Waals surface area contributed by atoms with Crippen molar-refractivity contribution in [3.63, 3.8) is 0 Å². The molecule has 0 fully saturated rings. The van der Waals surface area contributed by atoms with Gasteiger partial charge in [-0.25, -0.2) is 0 Å². The molecule has 0 saturated heterocycles. The molecule has 1 amide bonds. The first kappa shape index (κ1) is 17.3. The summed E-state index contributed by atoms with van der Waals surface area (Å²) in [6.45, 7) is 3.51. The van der Waals surface area contributed by atoms with Gasteiger partial charge in [-0.15, -0.1) is 0 Å². The van der Waals surface area contributed by atoms with E-state index < -0.39 is 0 Å². The number of hydrogen-bond donors (Lipinski definition) is 1. The topological polar surface area (TPSA) is 35.6 Å². The molecule has 0 bridgehead atoms. The zero-order valence-corrected chi connectivity index (χ0v) is 15.3. The van der Waals surface area contributed by atoms with Crippen LogP contribution in [0.25, 0.3) is 0 Å². The van der Waals surface area contributed by atoms with E-state index >= 15 is 0 Å². The molecule has 1 aliphatic heterocycles. The number of nitrogens with one attached hydrogen (secondary N) is 1. The van der Waals surface area contributed by atoms with Crippen LogP contribution in [0.5, 0.6) is 0 Å². The lowest BCUT2D eigenvalue weighted by Crippen LogP contribution is -2.37. The highest BCUT2D eigenvalue weighted by atomic mass is 16.1. The number of amides is 1. The Balaban J connectivity index is 1.89. The van der Waals surface area contributed by atoms with Gasteiger partial charge >= 0.3 is 0 Å². The Morgan fingerprint density at radius 1 is 1.16 bits per heavy atom. The number of carbonyl (C=O) groups excluding carboxylic acids is 1. The Kier molecular flexibility index (Phi) is 5.27. The molecule has 0 spiro atoms. The van der Waals surface area contributed by atoms with E-state index in [9.17, 15) is 4.79 Å². The van der Waals surface area contributed by atoms with E-state index in [1.54, 1.807) is 0 Å². The number of rotatable bonds is 6. The van der Waals surface area contributed by atoms with Gasteiger partial charge in [0.15, 0.2) is 0 Å². The van der Waals surface area contributed by atoms with Gasteiger partial charge in [0.25, 0.3) is 0 Å². The van der Waals surface area contributed by atoms with Crippen LogP contribution >= 0.6 is 0 Å². The molecule has 1 aliphatic rings. The van der Waals surface area contributed by atoms with E-state index in [1.807, 2.05) is 21.0 Å². The van der Waals surface area contributed by atoms with Crippen LogP contribution in [0.4, 0.5) is 11.4 Å². The lowest BCUT2D eigenvalue weighted by Gasteiger charge is -2.31. The fraction of sp³-hybridized carbons (Fsp3) is 0.381. The molecule has 0 saturated carbocycles. The molecule has 4 nitrogen and oxygen atoms in total. The Morgan fingerprint density at radius 2 is 1.88 bits per heavy atom. The molecule has 2 aromatic rings. The summed E-state index contributed by atoms with van der Waals surface area (Å²) in [6, 6.07) is 17.4. The standard InChI is InChI=1S/C21H27N3O/c1-4-21(25)22-15-20(17-9-11-18(12-10-17)23(2)3)24-14-13-16-7-5-6-8-19(16)24/h5-12,20H,4,13-15H2,1-3H3,(H,22,25)/t20-/m1/s1. The molecule has 25 heavy (non-hydrogen) atoms. The third-order valence-electron chi connectivity index (χ3n) is 4.91. The molecule has 1 heterocycles. The van der Waals surface area contributed by atoms with Crippen LogP contribution in [0.3, 0.4) is 0 Å². The highest BCUT2D eigenvalue weighted by Crippen LogP contribution is 2.35. The van der Waals surface area contributed by atoms with E-state index in [0.717, 1.165) is 13.0 Å². The molecule has 3 rings (SSSR count). The van der Waals surface area contributed by atoms with Gasteiger partial charge in [0, 0.05) is 45.0 Å². The SMILES string of the molecule is CCC(=O)NC[C@H](c1ccc(N(C)C)cc1)N1CCc2ccccc21. The maximum atomic E-state index is 11.8. The van der Waals surface area contributed by atoms with E-state index in [2.05, 4.69) is 63.6 Å². The number of para-hydroxylation sites is 1. The summed E-state index contributed by atoms with van der Waals surface area (Å²) in [4.78, 5) is 16.3. The monoisotopic (exact) mass is 337 g/mol. The van der Waals surface area contributed by atoms with Crippen LogP contribution in [0.2, 0.25) is 0 Å². The van der Waals surface area contributed by atoms with Crippen molar-refractivity contribution >= 4 is 17.3 Å². The average molecular weight is 337 g/mol. The van der Waals surface area contributed by atoms with Crippen molar-refractivity contribution in [2.75, 3.05) is 37.0 Å². The minimum Gasteiger partial charge on any atom is -0.378 e. The Morgan fingerprint density at radius 3 is 2.56 bits per heavy atom. The van der Waals surface area contributed by atoms with Gasteiger partial charge in [0.1, 0.15) is 0 Å².